The van der Waals surface area contributed by atoms with E-state index < -0.39 is 16.3 Å². The van der Waals surface area contributed by atoms with Gasteiger partial charge in [0.25, 0.3) is 0 Å². The van der Waals surface area contributed by atoms with E-state index >= 15 is 4.39 Å². The van der Waals surface area contributed by atoms with Gasteiger partial charge in [-0.1, -0.05) is 90.2 Å². The first kappa shape index (κ1) is 22.9. The zero-order valence-electron chi connectivity index (χ0n) is 19.6. The van der Waals surface area contributed by atoms with Crippen LogP contribution in [-0.2, 0) is 0 Å². The highest BCUT2D eigenvalue weighted by atomic mass is 28.3. The number of hydrogen-bond donors (Lipinski definition) is 0. The standard InChI is InChI=1S/C25H35F2NSi2/c1-17(2)30(18(3)4,19(5)6)28-23-15-14-20(26)16-22(23)24(25(28)27)29(7,8)21-12-10-9-11-13-21/h9-19H,1-8H3. The van der Waals surface area contributed by atoms with Crippen LogP contribution < -0.4 is 10.4 Å². The molecule has 30 heavy (non-hydrogen) atoms. The first-order valence-electron chi connectivity index (χ1n) is 11.0. The second-order valence-electron chi connectivity index (χ2n) is 10.0. The average molecular weight is 444 g/mol. The lowest BCUT2D eigenvalue weighted by Gasteiger charge is -2.44. The van der Waals surface area contributed by atoms with Gasteiger partial charge in [0, 0.05) is 16.1 Å². The normalized spacial score (nSPS) is 13.2. The van der Waals surface area contributed by atoms with E-state index in [1.54, 1.807) is 6.07 Å². The molecule has 0 unspecified atom stereocenters. The summed E-state index contributed by atoms with van der Waals surface area (Å²) >= 11 is 0. The molecule has 3 aromatic rings. The predicted molar refractivity (Wildman–Crippen MR) is 131 cm³/mol. The van der Waals surface area contributed by atoms with E-state index in [0.29, 0.717) is 16.6 Å². The van der Waals surface area contributed by atoms with Gasteiger partial charge in [0.05, 0.1) is 0 Å². The lowest BCUT2D eigenvalue weighted by atomic mass is 10.2. The second kappa shape index (κ2) is 8.08. The quantitative estimate of drug-likeness (QED) is 0.371. The molecular weight excluding hydrogens is 408 g/mol. The molecule has 0 aliphatic carbocycles. The van der Waals surface area contributed by atoms with Gasteiger partial charge >= 0.3 is 0 Å². The average Bonchev–Trinajstić information content (AvgIpc) is 2.94. The van der Waals surface area contributed by atoms with E-state index in [9.17, 15) is 4.39 Å². The Morgan fingerprint density at radius 1 is 0.767 bits per heavy atom. The fraction of sp³-hybridized carbons (Fsp3) is 0.440. The smallest absolute Gasteiger partial charge is 0.186 e. The van der Waals surface area contributed by atoms with Crippen LogP contribution in [0.1, 0.15) is 41.5 Å². The molecule has 0 spiro atoms. The van der Waals surface area contributed by atoms with Crippen molar-refractivity contribution in [2.75, 3.05) is 0 Å². The summed E-state index contributed by atoms with van der Waals surface area (Å²) in [6, 6.07) is 15.0. The molecule has 5 heteroatoms. The van der Waals surface area contributed by atoms with Crippen molar-refractivity contribution in [3.63, 3.8) is 0 Å². The Labute approximate surface area is 182 Å². The molecule has 1 heterocycles. The predicted octanol–water partition coefficient (Wildman–Crippen LogP) is 6.77. The Balaban J connectivity index is 2.49. The topological polar surface area (TPSA) is 4.93 Å². The molecule has 2 aromatic carbocycles. The summed E-state index contributed by atoms with van der Waals surface area (Å²) in [4.78, 5) is 0. The maximum absolute atomic E-state index is 16.7. The summed E-state index contributed by atoms with van der Waals surface area (Å²) in [7, 11) is -4.74. The van der Waals surface area contributed by atoms with Gasteiger partial charge in [-0.15, -0.1) is 0 Å². The first-order chi connectivity index (χ1) is 14.0. The third-order valence-corrected chi connectivity index (χ3v) is 17.4. The zero-order valence-corrected chi connectivity index (χ0v) is 21.6. The fourth-order valence-corrected chi connectivity index (χ4v) is 15.5. The van der Waals surface area contributed by atoms with E-state index in [1.807, 2.05) is 24.3 Å². The van der Waals surface area contributed by atoms with Crippen LogP contribution in [0, 0.1) is 11.8 Å². The molecule has 0 amide bonds. The summed E-state index contributed by atoms with van der Waals surface area (Å²) < 4.78 is 33.2. The zero-order chi connectivity index (χ0) is 22.4. The summed E-state index contributed by atoms with van der Waals surface area (Å²) in [5.74, 6) is -0.427. The van der Waals surface area contributed by atoms with Crippen LogP contribution in [0.5, 0.6) is 0 Å². The van der Waals surface area contributed by atoms with E-state index in [1.165, 1.54) is 6.07 Å². The summed E-state index contributed by atoms with van der Waals surface area (Å²) in [6.07, 6.45) is 0. The van der Waals surface area contributed by atoms with Gasteiger partial charge in [-0.3, -0.25) is 0 Å². The van der Waals surface area contributed by atoms with Crippen molar-refractivity contribution in [2.45, 2.75) is 71.3 Å². The Morgan fingerprint density at radius 3 is 1.80 bits per heavy atom. The number of rotatable bonds is 6. The summed E-state index contributed by atoms with van der Waals surface area (Å²) in [6.45, 7) is 17.8. The molecule has 162 valence electrons. The van der Waals surface area contributed by atoms with Crippen LogP contribution in [0.4, 0.5) is 8.78 Å². The van der Waals surface area contributed by atoms with E-state index in [-0.39, 0.29) is 11.8 Å². The van der Waals surface area contributed by atoms with Gasteiger partial charge in [-0.05, 0) is 34.8 Å². The highest BCUT2D eigenvalue weighted by molar-refractivity contribution is 7.02. The minimum Gasteiger partial charge on any atom is -0.345 e. The van der Waals surface area contributed by atoms with Gasteiger partial charge in [0.2, 0.25) is 0 Å². The van der Waals surface area contributed by atoms with Crippen molar-refractivity contribution in [3.05, 3.63) is 60.3 Å². The molecule has 1 aromatic heterocycles. The van der Waals surface area contributed by atoms with Crippen molar-refractivity contribution < 1.29 is 8.78 Å². The molecule has 0 aliphatic heterocycles. The Kier molecular flexibility index (Phi) is 6.18. The molecule has 3 rings (SSSR count). The summed E-state index contributed by atoms with van der Waals surface area (Å²) in [5.41, 5.74) is 1.91. The minimum absolute atomic E-state index is 0.126. The molecule has 0 N–H and O–H groups in total. The van der Waals surface area contributed by atoms with E-state index in [4.69, 9.17) is 0 Å². The molecule has 0 radical (unpaired) electrons. The van der Waals surface area contributed by atoms with Crippen LogP contribution in [0.15, 0.2) is 48.5 Å². The van der Waals surface area contributed by atoms with Crippen LogP contribution in [0.3, 0.4) is 0 Å². The van der Waals surface area contributed by atoms with Crippen LogP contribution in [-0.4, -0.2) is 20.5 Å². The van der Waals surface area contributed by atoms with Crippen molar-refractivity contribution in [1.82, 2.24) is 4.23 Å². The molecule has 0 atom stereocenters. The number of halogens is 2. The molecule has 0 aliphatic rings. The number of benzene rings is 2. The van der Waals surface area contributed by atoms with Crippen molar-refractivity contribution in [2.24, 2.45) is 0 Å². The molecule has 0 saturated carbocycles. The lowest BCUT2D eigenvalue weighted by molar-refractivity contribution is 0.566. The van der Waals surface area contributed by atoms with Gasteiger partial charge in [0.15, 0.2) is 14.2 Å². The molecule has 0 fully saturated rings. The SMILES string of the molecule is CC(C)[Si](C(C)C)(C(C)C)n1c(F)c([Si](C)(C)c2ccccc2)c2cc(F)ccc21. The molecule has 0 saturated heterocycles. The van der Waals surface area contributed by atoms with Gasteiger partial charge in [0.1, 0.15) is 13.9 Å². The second-order valence-corrected chi connectivity index (χ2v) is 20.0. The Morgan fingerprint density at radius 2 is 1.30 bits per heavy atom. The third-order valence-electron chi connectivity index (χ3n) is 7.15. The van der Waals surface area contributed by atoms with Crippen LogP contribution >= 0.6 is 0 Å². The lowest BCUT2D eigenvalue weighted by Crippen LogP contribution is -2.56. The van der Waals surface area contributed by atoms with E-state index in [0.717, 1.165) is 21.3 Å². The number of nitrogens with zero attached hydrogens (tertiary/aromatic N) is 1. The minimum atomic E-state index is -2.39. The van der Waals surface area contributed by atoms with Crippen LogP contribution in [0.2, 0.25) is 29.7 Å². The van der Waals surface area contributed by atoms with Gasteiger partial charge in [-0.25, -0.2) is 4.39 Å². The third kappa shape index (κ3) is 3.30. The fourth-order valence-electron chi connectivity index (χ4n) is 5.98. The number of aromatic nitrogens is 1. The number of hydrogen-bond acceptors (Lipinski definition) is 0. The van der Waals surface area contributed by atoms with Crippen molar-refractivity contribution in [1.29, 1.82) is 0 Å². The highest BCUT2D eigenvalue weighted by Crippen LogP contribution is 2.45. The first-order valence-corrected chi connectivity index (χ1v) is 16.2. The number of fused-ring (bicyclic) bond motifs is 1. The molecule has 1 nitrogen and oxygen atoms in total. The van der Waals surface area contributed by atoms with Crippen LogP contribution in [0.25, 0.3) is 10.9 Å². The maximum atomic E-state index is 16.7. The Hall–Kier alpha value is -1.73. The van der Waals surface area contributed by atoms with Crippen molar-refractivity contribution >= 4 is 37.6 Å². The summed E-state index contributed by atoms with van der Waals surface area (Å²) in [5, 5.41) is 2.66. The molecular formula is C25H35F2NSi2. The molecule has 0 bridgehead atoms. The van der Waals surface area contributed by atoms with E-state index in [2.05, 4.69) is 71.0 Å². The largest absolute Gasteiger partial charge is 0.345 e. The highest BCUT2D eigenvalue weighted by Gasteiger charge is 2.49. The Bertz CT molecular complexity index is 1010. The van der Waals surface area contributed by atoms with Crippen molar-refractivity contribution in [3.8, 4) is 0 Å². The van der Waals surface area contributed by atoms with Gasteiger partial charge < -0.3 is 4.23 Å². The maximum Gasteiger partial charge on any atom is 0.186 e. The van der Waals surface area contributed by atoms with Gasteiger partial charge in [-0.2, -0.15) is 4.39 Å². The monoisotopic (exact) mass is 443 g/mol.